The molecule has 27 heavy (non-hydrogen) atoms. The highest BCUT2D eigenvalue weighted by molar-refractivity contribution is 5.76. The average molecular weight is 370 g/mol. The lowest BCUT2D eigenvalue weighted by atomic mass is 10.0. The van der Waals surface area contributed by atoms with Crippen LogP contribution in [0.3, 0.4) is 0 Å². The predicted octanol–water partition coefficient (Wildman–Crippen LogP) is 3.86. The van der Waals surface area contributed by atoms with Crippen LogP contribution in [0.1, 0.15) is 30.4 Å². The Balaban J connectivity index is 1.52. The molecule has 0 radical (unpaired) electrons. The van der Waals surface area contributed by atoms with E-state index in [9.17, 15) is 9.18 Å². The van der Waals surface area contributed by atoms with Crippen molar-refractivity contribution in [3.05, 3.63) is 59.4 Å². The first-order valence-electron chi connectivity index (χ1n) is 9.48. The van der Waals surface area contributed by atoms with Gasteiger partial charge in [0.1, 0.15) is 11.6 Å². The van der Waals surface area contributed by atoms with Crippen LogP contribution in [0.2, 0.25) is 0 Å². The Kier molecular flexibility index (Phi) is 6.32. The second-order valence-corrected chi connectivity index (χ2v) is 7.16. The van der Waals surface area contributed by atoms with Crippen molar-refractivity contribution in [3.8, 4) is 5.75 Å². The number of rotatable bonds is 6. The van der Waals surface area contributed by atoms with Crippen LogP contribution in [-0.4, -0.2) is 32.1 Å². The van der Waals surface area contributed by atoms with E-state index in [1.165, 1.54) is 6.07 Å². The maximum atomic E-state index is 14.2. The van der Waals surface area contributed by atoms with Crippen LogP contribution in [0.4, 0.5) is 10.1 Å². The number of hydrogen-bond donors (Lipinski definition) is 1. The Bertz CT molecular complexity index is 776. The Morgan fingerprint density at radius 3 is 2.78 bits per heavy atom. The van der Waals surface area contributed by atoms with Crippen molar-refractivity contribution in [2.45, 2.75) is 38.6 Å². The lowest BCUT2D eigenvalue weighted by molar-refractivity contribution is -0.121. The summed E-state index contributed by atoms with van der Waals surface area (Å²) < 4.78 is 19.3. The molecule has 1 atom stereocenters. The lowest BCUT2D eigenvalue weighted by Gasteiger charge is -2.35. The zero-order valence-corrected chi connectivity index (χ0v) is 16.0. The van der Waals surface area contributed by atoms with Gasteiger partial charge in [-0.15, -0.1) is 0 Å². The standard InChI is InChI=1S/C22H27FN2O2/c1-16-5-11-20(23)21(14-16)25-13-3-4-18(15-25)24-22(26)12-8-17-6-9-19(27-2)10-7-17/h5-7,9-11,14,18H,3-4,8,12-13,15H2,1-2H3,(H,24,26). The van der Waals surface area contributed by atoms with Gasteiger partial charge in [0.15, 0.2) is 0 Å². The van der Waals surface area contributed by atoms with Gasteiger partial charge in [-0.3, -0.25) is 4.79 Å². The molecule has 0 aliphatic carbocycles. The van der Waals surface area contributed by atoms with E-state index in [0.717, 1.165) is 36.3 Å². The average Bonchev–Trinajstić information content (AvgIpc) is 2.69. The number of methoxy groups -OCH3 is 1. The fourth-order valence-electron chi connectivity index (χ4n) is 3.53. The lowest BCUT2D eigenvalue weighted by Crippen LogP contribution is -2.48. The van der Waals surface area contributed by atoms with Crippen molar-refractivity contribution in [3.63, 3.8) is 0 Å². The van der Waals surface area contributed by atoms with Gasteiger partial charge in [0.25, 0.3) is 0 Å². The third kappa shape index (κ3) is 5.22. The normalized spacial score (nSPS) is 16.9. The van der Waals surface area contributed by atoms with Gasteiger partial charge in [0.05, 0.1) is 12.8 Å². The summed E-state index contributed by atoms with van der Waals surface area (Å²) >= 11 is 0. The highest BCUT2D eigenvalue weighted by Gasteiger charge is 2.23. The SMILES string of the molecule is COc1ccc(CCC(=O)NC2CCCN(c3cc(C)ccc3F)C2)cc1. The number of halogens is 1. The summed E-state index contributed by atoms with van der Waals surface area (Å²) in [5.41, 5.74) is 2.78. The van der Waals surface area contributed by atoms with Crippen LogP contribution in [0, 0.1) is 12.7 Å². The molecular weight excluding hydrogens is 343 g/mol. The third-order valence-electron chi connectivity index (χ3n) is 5.03. The number of aryl methyl sites for hydroxylation is 2. The quantitative estimate of drug-likeness (QED) is 0.840. The van der Waals surface area contributed by atoms with E-state index in [0.29, 0.717) is 25.1 Å². The molecule has 0 saturated carbocycles. The van der Waals surface area contributed by atoms with Crippen molar-refractivity contribution in [2.24, 2.45) is 0 Å². The molecular formula is C22H27FN2O2. The smallest absolute Gasteiger partial charge is 0.220 e. The van der Waals surface area contributed by atoms with E-state index in [1.54, 1.807) is 13.2 Å². The highest BCUT2D eigenvalue weighted by Crippen LogP contribution is 2.24. The number of ether oxygens (including phenoxy) is 1. The summed E-state index contributed by atoms with van der Waals surface area (Å²) in [6, 6.07) is 13.0. The van der Waals surface area contributed by atoms with Gasteiger partial charge in [-0.25, -0.2) is 4.39 Å². The molecule has 1 fully saturated rings. The summed E-state index contributed by atoms with van der Waals surface area (Å²) in [7, 11) is 1.64. The Morgan fingerprint density at radius 2 is 2.04 bits per heavy atom. The Morgan fingerprint density at radius 1 is 1.26 bits per heavy atom. The molecule has 144 valence electrons. The first kappa shape index (κ1) is 19.2. The van der Waals surface area contributed by atoms with Gasteiger partial charge in [-0.2, -0.15) is 0 Å². The minimum Gasteiger partial charge on any atom is -0.497 e. The molecule has 1 aliphatic rings. The number of nitrogens with one attached hydrogen (secondary N) is 1. The van der Waals surface area contributed by atoms with Crippen molar-refractivity contribution in [1.82, 2.24) is 5.32 Å². The van der Waals surface area contributed by atoms with Gasteiger partial charge in [0, 0.05) is 25.6 Å². The zero-order chi connectivity index (χ0) is 19.2. The number of amides is 1. The van der Waals surface area contributed by atoms with Crippen LogP contribution in [0.25, 0.3) is 0 Å². The molecule has 1 heterocycles. The number of hydrogen-bond acceptors (Lipinski definition) is 3. The van der Waals surface area contributed by atoms with E-state index in [4.69, 9.17) is 4.74 Å². The molecule has 3 rings (SSSR count). The molecule has 1 N–H and O–H groups in total. The monoisotopic (exact) mass is 370 g/mol. The highest BCUT2D eigenvalue weighted by atomic mass is 19.1. The summed E-state index contributed by atoms with van der Waals surface area (Å²) in [5.74, 6) is 0.656. The van der Waals surface area contributed by atoms with Gasteiger partial charge in [0.2, 0.25) is 5.91 Å². The Hall–Kier alpha value is -2.56. The maximum absolute atomic E-state index is 14.2. The van der Waals surface area contributed by atoms with Gasteiger partial charge in [-0.1, -0.05) is 18.2 Å². The van der Waals surface area contributed by atoms with Gasteiger partial charge >= 0.3 is 0 Å². The molecule has 0 spiro atoms. The minimum atomic E-state index is -0.202. The fourth-order valence-corrected chi connectivity index (χ4v) is 3.53. The molecule has 1 unspecified atom stereocenters. The first-order valence-corrected chi connectivity index (χ1v) is 9.48. The number of carbonyl (C=O) groups excluding carboxylic acids is 1. The van der Waals surface area contributed by atoms with Crippen molar-refractivity contribution >= 4 is 11.6 Å². The van der Waals surface area contributed by atoms with E-state index >= 15 is 0 Å². The van der Waals surface area contributed by atoms with Gasteiger partial charge < -0.3 is 15.0 Å². The number of piperidine rings is 1. The van der Waals surface area contributed by atoms with Crippen LogP contribution in [0.5, 0.6) is 5.75 Å². The minimum absolute atomic E-state index is 0.0439. The second-order valence-electron chi connectivity index (χ2n) is 7.16. The van der Waals surface area contributed by atoms with Crippen LogP contribution < -0.4 is 15.0 Å². The number of carbonyl (C=O) groups is 1. The van der Waals surface area contributed by atoms with Crippen LogP contribution >= 0.6 is 0 Å². The zero-order valence-electron chi connectivity index (χ0n) is 16.0. The number of nitrogens with zero attached hydrogens (tertiary/aromatic N) is 1. The first-order chi connectivity index (χ1) is 13.0. The molecule has 2 aromatic carbocycles. The maximum Gasteiger partial charge on any atom is 0.220 e. The van der Waals surface area contributed by atoms with Gasteiger partial charge in [-0.05, 0) is 61.6 Å². The molecule has 0 bridgehead atoms. The Labute approximate surface area is 160 Å². The van der Waals surface area contributed by atoms with Crippen LogP contribution in [0.15, 0.2) is 42.5 Å². The molecule has 0 aromatic heterocycles. The molecule has 5 heteroatoms. The van der Waals surface area contributed by atoms with E-state index in [1.807, 2.05) is 42.2 Å². The largest absolute Gasteiger partial charge is 0.497 e. The summed E-state index contributed by atoms with van der Waals surface area (Å²) in [4.78, 5) is 14.4. The van der Waals surface area contributed by atoms with Crippen molar-refractivity contribution < 1.29 is 13.9 Å². The third-order valence-corrected chi connectivity index (χ3v) is 5.03. The number of benzene rings is 2. The van der Waals surface area contributed by atoms with Crippen LogP contribution in [-0.2, 0) is 11.2 Å². The topological polar surface area (TPSA) is 41.6 Å². The van der Waals surface area contributed by atoms with E-state index < -0.39 is 0 Å². The summed E-state index contributed by atoms with van der Waals surface area (Å²) in [6.45, 7) is 3.43. The molecule has 1 amide bonds. The van der Waals surface area contributed by atoms with Crippen molar-refractivity contribution in [2.75, 3.05) is 25.1 Å². The molecule has 1 saturated heterocycles. The molecule has 2 aromatic rings. The summed E-state index contributed by atoms with van der Waals surface area (Å²) in [5, 5.41) is 3.12. The molecule has 1 aliphatic heterocycles. The molecule has 4 nitrogen and oxygen atoms in total. The van der Waals surface area contributed by atoms with E-state index in [2.05, 4.69) is 5.32 Å². The van der Waals surface area contributed by atoms with E-state index in [-0.39, 0.29) is 17.8 Å². The summed E-state index contributed by atoms with van der Waals surface area (Å²) in [6.07, 6.45) is 3.01. The predicted molar refractivity (Wildman–Crippen MR) is 106 cm³/mol. The number of anilines is 1. The van der Waals surface area contributed by atoms with Crippen molar-refractivity contribution in [1.29, 1.82) is 0 Å². The fraction of sp³-hybridized carbons (Fsp3) is 0.409. The second kappa shape index (κ2) is 8.89.